The predicted octanol–water partition coefficient (Wildman–Crippen LogP) is 3.24. The third-order valence-corrected chi connectivity index (χ3v) is 1.92. The summed E-state index contributed by atoms with van der Waals surface area (Å²) in [5, 5.41) is 0. The number of primary amides is 1. The summed E-state index contributed by atoms with van der Waals surface area (Å²) in [6, 6.07) is 1.54. The maximum atomic E-state index is 12.5. The molecule has 0 aromatic heterocycles. The van der Waals surface area contributed by atoms with Crippen LogP contribution in [0.15, 0.2) is 18.2 Å². The van der Waals surface area contributed by atoms with Crippen LogP contribution in [0.4, 0.5) is 26.3 Å². The molecule has 1 rings (SSSR count). The Balaban J connectivity index is 0.00000289. The number of nitrogens with two attached hydrogens (primary N) is 1. The van der Waals surface area contributed by atoms with Gasteiger partial charge in [-0.05, 0) is 12.1 Å². The summed E-state index contributed by atoms with van der Waals surface area (Å²) < 4.78 is 74.6. The number of rotatable bonds is 1. The Morgan fingerprint density at radius 1 is 1.00 bits per heavy atom. The second-order valence-corrected chi connectivity index (χ2v) is 3.09. The molecule has 0 unspecified atom stereocenters. The molecule has 0 saturated carbocycles. The summed E-state index contributed by atoms with van der Waals surface area (Å²) in [4.78, 5) is 10.7. The Morgan fingerprint density at radius 3 is 1.83 bits per heavy atom. The molecule has 1 aromatic carbocycles. The highest BCUT2D eigenvalue weighted by atomic mass is 35.5. The van der Waals surface area contributed by atoms with Gasteiger partial charge in [-0.3, -0.25) is 4.79 Å². The molecule has 0 aliphatic heterocycles. The van der Waals surface area contributed by atoms with E-state index in [1.54, 1.807) is 0 Å². The number of carbonyl (C=O) groups excluding carboxylic acids is 1. The molecule has 0 atom stereocenters. The highest BCUT2D eigenvalue weighted by molar-refractivity contribution is 5.95. The molecule has 0 heterocycles. The molecule has 0 spiro atoms. The molecule has 0 radical (unpaired) electrons. The van der Waals surface area contributed by atoms with Gasteiger partial charge in [-0.2, -0.15) is 26.3 Å². The predicted molar refractivity (Wildman–Crippen MR) is 52.2 cm³/mol. The van der Waals surface area contributed by atoms with E-state index in [1.807, 2.05) is 0 Å². The first-order chi connectivity index (χ1) is 7.55. The van der Waals surface area contributed by atoms with Crippen molar-refractivity contribution in [3.63, 3.8) is 0 Å². The van der Waals surface area contributed by atoms with Crippen molar-refractivity contribution in [1.29, 1.82) is 0 Å². The maximum Gasteiger partial charge on any atom is 0.417 e. The molecule has 102 valence electrons. The van der Waals surface area contributed by atoms with Gasteiger partial charge in [0.05, 0.1) is 16.7 Å². The standard InChI is InChI=1S/C9H5F6NO.ClH/c10-8(11,12)5-3-1-2-4(7(16)17)6(5)9(13,14)15;/h1-3H,(H2,16,17);1H. The van der Waals surface area contributed by atoms with Crippen LogP contribution in [0.1, 0.15) is 21.5 Å². The van der Waals surface area contributed by atoms with E-state index in [0.717, 1.165) is 0 Å². The van der Waals surface area contributed by atoms with Crippen LogP contribution in [-0.4, -0.2) is 5.91 Å². The van der Waals surface area contributed by atoms with Gasteiger partial charge < -0.3 is 5.73 Å². The van der Waals surface area contributed by atoms with Crippen molar-refractivity contribution in [2.75, 3.05) is 0 Å². The molecule has 1 aromatic rings. The smallest absolute Gasteiger partial charge is 0.366 e. The van der Waals surface area contributed by atoms with Crippen LogP contribution < -0.4 is 5.73 Å². The van der Waals surface area contributed by atoms with Crippen LogP contribution in [0.3, 0.4) is 0 Å². The summed E-state index contributed by atoms with van der Waals surface area (Å²) in [5.74, 6) is -1.57. The molecular weight excluding hydrogens is 288 g/mol. The number of halogens is 7. The van der Waals surface area contributed by atoms with Crippen LogP contribution in [0.25, 0.3) is 0 Å². The third kappa shape index (κ3) is 3.28. The van der Waals surface area contributed by atoms with E-state index in [2.05, 4.69) is 5.73 Å². The summed E-state index contributed by atoms with van der Waals surface area (Å²) in [5.41, 5.74) is -0.569. The zero-order valence-electron chi connectivity index (χ0n) is 8.39. The van der Waals surface area contributed by atoms with Crippen LogP contribution >= 0.6 is 12.4 Å². The van der Waals surface area contributed by atoms with Crippen molar-refractivity contribution >= 4 is 18.3 Å². The first kappa shape index (κ1) is 16.6. The zero-order valence-corrected chi connectivity index (χ0v) is 9.21. The number of hydrogen-bond donors (Lipinski definition) is 1. The van der Waals surface area contributed by atoms with Gasteiger partial charge in [0.1, 0.15) is 0 Å². The van der Waals surface area contributed by atoms with Gasteiger partial charge in [-0.15, -0.1) is 12.4 Å². The Bertz CT molecular complexity index is 453. The zero-order chi connectivity index (χ0) is 13.4. The minimum absolute atomic E-state index is 0. The van der Waals surface area contributed by atoms with E-state index in [0.29, 0.717) is 12.1 Å². The van der Waals surface area contributed by atoms with E-state index in [-0.39, 0.29) is 18.5 Å². The average molecular weight is 294 g/mol. The highest BCUT2D eigenvalue weighted by Crippen LogP contribution is 2.41. The fraction of sp³-hybridized carbons (Fsp3) is 0.222. The van der Waals surface area contributed by atoms with Gasteiger partial charge in [-0.25, -0.2) is 0 Å². The molecule has 0 aliphatic rings. The van der Waals surface area contributed by atoms with Crippen molar-refractivity contribution < 1.29 is 31.1 Å². The lowest BCUT2D eigenvalue weighted by Crippen LogP contribution is -2.23. The van der Waals surface area contributed by atoms with Gasteiger partial charge in [0, 0.05) is 0 Å². The molecular formula is C9H6ClF6NO. The van der Waals surface area contributed by atoms with Gasteiger partial charge in [0.15, 0.2) is 0 Å². The molecule has 9 heteroatoms. The fourth-order valence-electron chi connectivity index (χ4n) is 1.30. The van der Waals surface area contributed by atoms with Gasteiger partial charge >= 0.3 is 12.4 Å². The third-order valence-electron chi connectivity index (χ3n) is 1.92. The Morgan fingerprint density at radius 2 is 1.50 bits per heavy atom. The first-order valence-electron chi connectivity index (χ1n) is 4.12. The normalized spacial score (nSPS) is 11.9. The second-order valence-electron chi connectivity index (χ2n) is 3.09. The quantitative estimate of drug-likeness (QED) is 0.794. The molecule has 2 nitrogen and oxygen atoms in total. The minimum atomic E-state index is -5.31. The Labute approximate surface area is 103 Å². The lowest BCUT2D eigenvalue weighted by atomic mass is 9.99. The monoisotopic (exact) mass is 293 g/mol. The summed E-state index contributed by atoms with van der Waals surface area (Å²) in [6.45, 7) is 0. The maximum absolute atomic E-state index is 12.5. The minimum Gasteiger partial charge on any atom is -0.366 e. The van der Waals surface area contributed by atoms with E-state index in [9.17, 15) is 31.1 Å². The molecule has 2 N–H and O–H groups in total. The van der Waals surface area contributed by atoms with Gasteiger partial charge in [-0.1, -0.05) is 6.07 Å². The number of alkyl halides is 6. The van der Waals surface area contributed by atoms with E-state index >= 15 is 0 Å². The molecule has 0 saturated heterocycles. The second kappa shape index (κ2) is 5.05. The number of amides is 1. The SMILES string of the molecule is Cl.NC(=O)c1cccc(C(F)(F)F)c1C(F)(F)F. The lowest BCUT2D eigenvalue weighted by molar-refractivity contribution is -0.162. The molecule has 0 aliphatic carbocycles. The van der Waals surface area contributed by atoms with Crippen molar-refractivity contribution in [1.82, 2.24) is 0 Å². The van der Waals surface area contributed by atoms with Crippen LogP contribution in [-0.2, 0) is 12.4 Å². The summed E-state index contributed by atoms with van der Waals surface area (Å²) in [6.07, 6.45) is -10.5. The fourth-order valence-corrected chi connectivity index (χ4v) is 1.30. The Kier molecular flexibility index (Phi) is 4.65. The number of benzene rings is 1. The molecule has 1 amide bonds. The highest BCUT2D eigenvalue weighted by Gasteiger charge is 2.45. The van der Waals surface area contributed by atoms with Gasteiger partial charge in [0.25, 0.3) is 0 Å². The largest absolute Gasteiger partial charge is 0.417 e. The van der Waals surface area contributed by atoms with Crippen molar-refractivity contribution in [2.45, 2.75) is 12.4 Å². The molecule has 0 fully saturated rings. The van der Waals surface area contributed by atoms with Crippen LogP contribution in [0.5, 0.6) is 0 Å². The van der Waals surface area contributed by atoms with E-state index in [1.165, 1.54) is 0 Å². The van der Waals surface area contributed by atoms with E-state index in [4.69, 9.17) is 0 Å². The molecule has 18 heavy (non-hydrogen) atoms. The Hall–Kier alpha value is -1.44. The average Bonchev–Trinajstić information content (AvgIpc) is 2.13. The number of hydrogen-bond acceptors (Lipinski definition) is 1. The topological polar surface area (TPSA) is 43.1 Å². The first-order valence-corrected chi connectivity index (χ1v) is 4.12. The number of carbonyl (C=O) groups is 1. The van der Waals surface area contributed by atoms with Crippen molar-refractivity contribution in [2.24, 2.45) is 5.73 Å². The van der Waals surface area contributed by atoms with Crippen molar-refractivity contribution in [3.05, 3.63) is 34.9 Å². The summed E-state index contributed by atoms with van der Waals surface area (Å²) >= 11 is 0. The van der Waals surface area contributed by atoms with Gasteiger partial charge in [0.2, 0.25) is 5.91 Å². The van der Waals surface area contributed by atoms with Crippen molar-refractivity contribution in [3.8, 4) is 0 Å². The summed E-state index contributed by atoms with van der Waals surface area (Å²) in [7, 11) is 0. The van der Waals surface area contributed by atoms with Crippen LogP contribution in [0.2, 0.25) is 0 Å². The molecule has 0 bridgehead atoms. The van der Waals surface area contributed by atoms with Crippen LogP contribution in [0, 0.1) is 0 Å². The lowest BCUT2D eigenvalue weighted by Gasteiger charge is -2.17. The van der Waals surface area contributed by atoms with E-state index < -0.39 is 35.0 Å².